The average Bonchev–Trinajstić information content (AvgIpc) is 2.35. The molecule has 0 amide bonds. The van der Waals surface area contributed by atoms with E-state index in [1.165, 1.54) is 38.3 Å². The van der Waals surface area contributed by atoms with E-state index < -0.39 is 10.9 Å². The van der Waals surface area contributed by atoms with Gasteiger partial charge in [0.1, 0.15) is 0 Å². The van der Waals surface area contributed by atoms with Crippen molar-refractivity contribution >= 4 is 23.0 Å². The van der Waals surface area contributed by atoms with Gasteiger partial charge in [0.15, 0.2) is 5.78 Å². The zero-order valence-corrected chi connectivity index (χ0v) is 9.88. The SMILES string of the molecule is COC(=O)C=C(C(C)=O)c1cccc([N+](=O)[O-])c1. The van der Waals surface area contributed by atoms with Gasteiger partial charge in [-0.3, -0.25) is 14.9 Å². The molecular formula is C12H11NO5. The zero-order chi connectivity index (χ0) is 13.7. The van der Waals surface area contributed by atoms with Crippen LogP contribution in [0.2, 0.25) is 0 Å². The van der Waals surface area contributed by atoms with Crippen LogP contribution in [-0.2, 0) is 14.3 Å². The van der Waals surface area contributed by atoms with Crippen molar-refractivity contribution in [3.05, 3.63) is 46.0 Å². The first-order chi connectivity index (χ1) is 8.45. The fraction of sp³-hybridized carbons (Fsp3) is 0.167. The van der Waals surface area contributed by atoms with E-state index in [9.17, 15) is 19.7 Å². The molecule has 0 N–H and O–H groups in total. The maximum atomic E-state index is 11.4. The molecule has 1 aromatic carbocycles. The summed E-state index contributed by atoms with van der Waals surface area (Å²) in [6, 6.07) is 5.50. The van der Waals surface area contributed by atoms with Crippen molar-refractivity contribution in [2.75, 3.05) is 7.11 Å². The van der Waals surface area contributed by atoms with Gasteiger partial charge in [-0.15, -0.1) is 0 Å². The molecule has 0 unspecified atom stereocenters. The van der Waals surface area contributed by atoms with Gasteiger partial charge in [-0.25, -0.2) is 4.79 Å². The van der Waals surface area contributed by atoms with Crippen LogP contribution >= 0.6 is 0 Å². The Morgan fingerprint density at radius 2 is 2.06 bits per heavy atom. The first-order valence-electron chi connectivity index (χ1n) is 5.01. The standard InChI is InChI=1S/C12H11NO5/c1-8(14)11(7-12(15)18-2)9-4-3-5-10(6-9)13(16)17/h3-7H,1-2H3. The number of hydrogen-bond donors (Lipinski definition) is 0. The number of carbonyl (C=O) groups excluding carboxylic acids is 2. The molecule has 0 spiro atoms. The van der Waals surface area contributed by atoms with E-state index in [0.717, 1.165) is 6.08 Å². The van der Waals surface area contributed by atoms with Crippen LogP contribution in [0.1, 0.15) is 12.5 Å². The molecule has 0 aliphatic heterocycles. The maximum Gasteiger partial charge on any atom is 0.331 e. The van der Waals surface area contributed by atoms with Gasteiger partial charge in [0.05, 0.1) is 12.0 Å². The lowest BCUT2D eigenvalue weighted by Gasteiger charge is -2.03. The maximum absolute atomic E-state index is 11.4. The van der Waals surface area contributed by atoms with Gasteiger partial charge in [0.2, 0.25) is 0 Å². The highest BCUT2D eigenvalue weighted by Gasteiger charge is 2.13. The molecule has 0 aromatic heterocycles. The first kappa shape index (κ1) is 13.6. The number of benzene rings is 1. The van der Waals surface area contributed by atoms with E-state index in [-0.39, 0.29) is 17.0 Å². The number of methoxy groups -OCH3 is 1. The lowest BCUT2D eigenvalue weighted by Crippen LogP contribution is -2.03. The second kappa shape index (κ2) is 5.72. The molecule has 0 saturated heterocycles. The Bertz CT molecular complexity index is 533. The van der Waals surface area contributed by atoms with Gasteiger partial charge < -0.3 is 4.74 Å². The minimum atomic E-state index is -0.688. The van der Waals surface area contributed by atoms with Crippen LogP contribution in [0.4, 0.5) is 5.69 Å². The molecule has 0 bridgehead atoms. The largest absolute Gasteiger partial charge is 0.466 e. The molecule has 0 aliphatic rings. The molecule has 6 nitrogen and oxygen atoms in total. The van der Waals surface area contributed by atoms with Crippen LogP contribution in [0, 0.1) is 10.1 Å². The molecule has 1 rings (SSSR count). The Morgan fingerprint density at radius 1 is 1.39 bits per heavy atom. The third-order valence-electron chi connectivity index (χ3n) is 2.21. The fourth-order valence-corrected chi connectivity index (χ4v) is 1.35. The molecule has 0 radical (unpaired) electrons. The van der Waals surface area contributed by atoms with Crippen LogP contribution in [0.5, 0.6) is 0 Å². The number of carbonyl (C=O) groups is 2. The highest BCUT2D eigenvalue weighted by Crippen LogP contribution is 2.21. The number of nitro groups is 1. The summed E-state index contributed by atoms with van der Waals surface area (Å²) in [5.41, 5.74) is 0.233. The summed E-state index contributed by atoms with van der Waals surface area (Å²) in [7, 11) is 1.18. The number of Topliss-reactive ketones (excluding diaryl/α,β-unsaturated/α-hetero) is 1. The monoisotopic (exact) mass is 249 g/mol. The van der Waals surface area contributed by atoms with E-state index in [1.807, 2.05) is 0 Å². The third-order valence-corrected chi connectivity index (χ3v) is 2.21. The first-order valence-corrected chi connectivity index (χ1v) is 5.01. The van der Waals surface area contributed by atoms with Crippen molar-refractivity contribution in [1.29, 1.82) is 0 Å². The topological polar surface area (TPSA) is 86.5 Å². The summed E-state index contributed by atoms with van der Waals surface area (Å²) < 4.78 is 4.43. The molecule has 6 heteroatoms. The Hall–Kier alpha value is -2.50. The van der Waals surface area contributed by atoms with Crippen LogP contribution < -0.4 is 0 Å². The summed E-state index contributed by atoms with van der Waals surface area (Å²) in [6.07, 6.45) is 1.02. The Morgan fingerprint density at radius 3 is 2.56 bits per heavy atom. The van der Waals surface area contributed by atoms with Crippen LogP contribution in [0.25, 0.3) is 5.57 Å². The van der Waals surface area contributed by atoms with Crippen molar-refractivity contribution in [2.45, 2.75) is 6.92 Å². The molecule has 0 heterocycles. The number of esters is 1. The summed E-state index contributed by atoms with van der Waals surface area (Å²) >= 11 is 0. The number of allylic oxidation sites excluding steroid dienone is 1. The number of nitro benzene ring substituents is 1. The number of non-ortho nitro benzene ring substituents is 1. The molecule has 0 atom stereocenters. The van der Waals surface area contributed by atoms with Crippen LogP contribution in [-0.4, -0.2) is 23.8 Å². The van der Waals surface area contributed by atoms with Gasteiger partial charge in [-0.2, -0.15) is 0 Å². The second-order valence-electron chi connectivity index (χ2n) is 3.44. The average molecular weight is 249 g/mol. The Kier molecular flexibility index (Phi) is 4.31. The molecule has 0 fully saturated rings. The highest BCUT2D eigenvalue weighted by atomic mass is 16.6. The van der Waals surface area contributed by atoms with E-state index in [4.69, 9.17) is 0 Å². The van der Waals surface area contributed by atoms with Gasteiger partial charge >= 0.3 is 5.97 Å². The van der Waals surface area contributed by atoms with Crippen LogP contribution in [0.15, 0.2) is 30.3 Å². The minimum absolute atomic E-state index is 0.0746. The molecule has 94 valence electrons. The molecule has 18 heavy (non-hydrogen) atoms. The predicted octanol–water partition coefficient (Wildman–Crippen LogP) is 1.74. The summed E-state index contributed by atoms with van der Waals surface area (Å²) in [5, 5.41) is 10.6. The van der Waals surface area contributed by atoms with Crippen molar-refractivity contribution < 1.29 is 19.2 Å². The van der Waals surface area contributed by atoms with E-state index in [0.29, 0.717) is 5.56 Å². The normalized spacial score (nSPS) is 10.9. The summed E-state index contributed by atoms with van der Waals surface area (Å²) in [4.78, 5) is 32.6. The lowest BCUT2D eigenvalue weighted by molar-refractivity contribution is -0.384. The van der Waals surface area contributed by atoms with Gasteiger partial charge in [-0.05, 0) is 12.5 Å². The van der Waals surface area contributed by atoms with Crippen molar-refractivity contribution in [3.63, 3.8) is 0 Å². The number of rotatable bonds is 4. The smallest absolute Gasteiger partial charge is 0.331 e. The third kappa shape index (κ3) is 3.24. The summed E-state index contributed by atoms with van der Waals surface area (Å²) in [6.45, 7) is 1.27. The zero-order valence-electron chi connectivity index (χ0n) is 9.88. The number of hydrogen-bond acceptors (Lipinski definition) is 5. The van der Waals surface area contributed by atoms with E-state index in [1.54, 1.807) is 0 Å². The van der Waals surface area contributed by atoms with E-state index >= 15 is 0 Å². The molecule has 1 aromatic rings. The van der Waals surface area contributed by atoms with Gasteiger partial charge in [0, 0.05) is 23.8 Å². The van der Waals surface area contributed by atoms with Crippen molar-refractivity contribution in [3.8, 4) is 0 Å². The van der Waals surface area contributed by atoms with Crippen molar-refractivity contribution in [1.82, 2.24) is 0 Å². The van der Waals surface area contributed by atoms with Crippen LogP contribution in [0.3, 0.4) is 0 Å². The van der Waals surface area contributed by atoms with Crippen molar-refractivity contribution in [2.24, 2.45) is 0 Å². The van der Waals surface area contributed by atoms with Gasteiger partial charge in [0.25, 0.3) is 5.69 Å². The van der Waals surface area contributed by atoms with E-state index in [2.05, 4.69) is 4.74 Å². The number of nitrogens with zero attached hydrogens (tertiary/aromatic N) is 1. The quantitative estimate of drug-likeness (QED) is 0.351. The lowest BCUT2D eigenvalue weighted by atomic mass is 10.0. The second-order valence-corrected chi connectivity index (χ2v) is 3.44. The Labute approximate surface area is 103 Å². The molecule has 0 aliphatic carbocycles. The number of ether oxygens (including phenoxy) is 1. The molecule has 0 saturated carbocycles. The van der Waals surface area contributed by atoms with Gasteiger partial charge in [-0.1, -0.05) is 12.1 Å². The Balaban J connectivity index is 3.27. The molecular weight excluding hydrogens is 238 g/mol. The predicted molar refractivity (Wildman–Crippen MR) is 63.8 cm³/mol. The number of ketones is 1. The minimum Gasteiger partial charge on any atom is -0.466 e. The highest BCUT2D eigenvalue weighted by molar-refractivity contribution is 6.23. The summed E-state index contributed by atoms with van der Waals surface area (Å²) in [5.74, 6) is -1.06. The fourth-order valence-electron chi connectivity index (χ4n) is 1.35.